The molecule has 0 radical (unpaired) electrons. The maximum atomic E-state index is 13.8. The lowest BCUT2D eigenvalue weighted by Gasteiger charge is -2.30. The topological polar surface area (TPSA) is 74.8 Å². The predicted octanol–water partition coefficient (Wildman–Crippen LogP) is 3.18. The molecule has 1 heterocycles. The number of hydrogen-bond acceptors (Lipinski definition) is 4. The lowest BCUT2D eigenvalue weighted by Crippen LogP contribution is -2.53. The first-order chi connectivity index (χ1) is 13.6. The zero-order valence-corrected chi connectivity index (χ0v) is 17.0. The second kappa shape index (κ2) is 9.69. The Hall–Kier alpha value is -1.60. The average molecular weight is 472 g/mol. The van der Waals surface area contributed by atoms with Crippen LogP contribution in [0, 0.1) is 0 Å². The molecule has 0 saturated carbocycles. The molecule has 0 spiro atoms. The van der Waals surface area contributed by atoms with Crippen molar-refractivity contribution >= 4 is 21.8 Å². The maximum absolute atomic E-state index is 13.8. The molecule has 30 heavy (non-hydrogen) atoms. The summed E-state index contributed by atoms with van der Waals surface area (Å²) in [7, 11) is -4.32. The fourth-order valence-corrected chi connectivity index (χ4v) is 4.53. The number of nitrogens with zero attached hydrogens (tertiary/aromatic N) is 2. The molecule has 0 aliphatic carbocycles. The lowest BCUT2D eigenvalue weighted by molar-refractivity contribution is -0.343. The highest BCUT2D eigenvalue weighted by Gasteiger charge is 2.72. The second-order valence-electron chi connectivity index (χ2n) is 6.92. The van der Waals surface area contributed by atoms with Gasteiger partial charge in [0.15, 0.2) is 0 Å². The van der Waals surface area contributed by atoms with Gasteiger partial charge in [0.1, 0.15) is 0 Å². The van der Waals surface area contributed by atoms with Crippen LogP contribution >= 0.6 is 0 Å². The summed E-state index contributed by atoms with van der Waals surface area (Å²) in [4.78, 5) is 25.2. The van der Waals surface area contributed by atoms with Crippen molar-refractivity contribution < 1.29 is 48.7 Å². The second-order valence-corrected chi connectivity index (χ2v) is 8.93. The molecule has 0 atom stereocenters. The fourth-order valence-electron chi connectivity index (χ4n) is 2.98. The van der Waals surface area contributed by atoms with Gasteiger partial charge in [0.05, 0.1) is 5.75 Å². The van der Waals surface area contributed by atoms with Gasteiger partial charge in [-0.2, -0.15) is 26.3 Å². The van der Waals surface area contributed by atoms with Crippen LogP contribution in [-0.4, -0.2) is 72.8 Å². The Kier molecular flexibility index (Phi) is 8.54. The smallest absolute Gasteiger partial charge is 0.343 e. The van der Waals surface area contributed by atoms with Gasteiger partial charge in [-0.1, -0.05) is 6.92 Å². The van der Waals surface area contributed by atoms with Crippen molar-refractivity contribution in [2.75, 3.05) is 25.4 Å². The van der Waals surface area contributed by atoms with Gasteiger partial charge in [-0.3, -0.25) is 9.59 Å². The Labute approximate surface area is 169 Å². The molecule has 0 unspecified atom stereocenters. The Balaban J connectivity index is 2.92. The van der Waals surface area contributed by atoms with E-state index in [0.717, 1.165) is 0 Å². The van der Waals surface area contributed by atoms with Crippen molar-refractivity contribution in [1.82, 2.24) is 9.21 Å². The maximum Gasteiger partial charge on any atom is 0.431 e. The Morgan fingerprint density at radius 1 is 1.10 bits per heavy atom. The van der Waals surface area contributed by atoms with Crippen LogP contribution in [0.25, 0.3) is 0 Å². The molecule has 0 aromatic carbocycles. The number of sulfonamides is 1. The minimum absolute atomic E-state index is 0.0366. The summed E-state index contributed by atoms with van der Waals surface area (Å²) >= 11 is 0. The molecular weight excluding hydrogens is 449 g/mol. The standard InChI is InChI=1S/C16H23F7N2O4S/c1-2-11-30(28,29)25(10-4-9-24-8-3-5-12(24)26)13(27)6-7-14(17,15(18,19)20)16(21,22)23/h2-11H2,1H3. The summed E-state index contributed by atoms with van der Waals surface area (Å²) in [6, 6.07) is 0. The highest BCUT2D eigenvalue weighted by molar-refractivity contribution is 7.89. The number of hydrogen-bond donors (Lipinski definition) is 0. The zero-order valence-electron chi connectivity index (χ0n) is 16.2. The van der Waals surface area contributed by atoms with E-state index in [-0.39, 0.29) is 29.6 Å². The molecular formula is C16H23F7N2O4S. The van der Waals surface area contributed by atoms with Crippen molar-refractivity contribution in [2.24, 2.45) is 0 Å². The summed E-state index contributed by atoms with van der Waals surface area (Å²) in [5.41, 5.74) is -5.64. The summed E-state index contributed by atoms with van der Waals surface area (Å²) in [5, 5.41) is 0. The molecule has 1 aliphatic rings. The van der Waals surface area contributed by atoms with Crippen LogP contribution in [0.4, 0.5) is 30.7 Å². The van der Waals surface area contributed by atoms with E-state index in [1.54, 1.807) is 0 Å². The molecule has 14 heteroatoms. The van der Waals surface area contributed by atoms with E-state index in [2.05, 4.69) is 0 Å². The van der Waals surface area contributed by atoms with Crippen molar-refractivity contribution in [3.8, 4) is 0 Å². The summed E-state index contributed by atoms with van der Waals surface area (Å²) in [6.45, 7) is 1.41. The summed E-state index contributed by atoms with van der Waals surface area (Å²) in [5.74, 6) is -2.31. The van der Waals surface area contributed by atoms with Crippen LogP contribution in [0.1, 0.15) is 45.4 Å². The Morgan fingerprint density at radius 3 is 2.10 bits per heavy atom. The first kappa shape index (κ1) is 26.4. The van der Waals surface area contributed by atoms with E-state index in [0.29, 0.717) is 19.4 Å². The first-order valence-corrected chi connectivity index (χ1v) is 10.8. The Bertz CT molecular complexity index is 708. The third kappa shape index (κ3) is 6.20. The number of likely N-dealkylation sites (tertiary alicyclic amines) is 1. The molecule has 0 N–H and O–H groups in total. The van der Waals surface area contributed by atoms with Crippen molar-refractivity contribution in [3.05, 3.63) is 0 Å². The minimum atomic E-state index is -6.32. The number of alkyl halides is 7. The fraction of sp³-hybridized carbons (Fsp3) is 0.875. The zero-order chi connectivity index (χ0) is 23.4. The molecule has 0 aromatic rings. The van der Waals surface area contributed by atoms with Crippen LogP contribution in [0.15, 0.2) is 0 Å². The number of amides is 2. The van der Waals surface area contributed by atoms with Gasteiger partial charge in [-0.15, -0.1) is 0 Å². The van der Waals surface area contributed by atoms with Crippen LogP contribution in [0.3, 0.4) is 0 Å². The quantitative estimate of drug-likeness (QED) is 0.458. The van der Waals surface area contributed by atoms with E-state index in [1.807, 2.05) is 0 Å². The number of rotatable bonds is 10. The highest BCUT2D eigenvalue weighted by Crippen LogP contribution is 2.49. The molecule has 6 nitrogen and oxygen atoms in total. The molecule has 1 fully saturated rings. The van der Waals surface area contributed by atoms with Gasteiger partial charge in [0.2, 0.25) is 21.8 Å². The summed E-state index contributed by atoms with van der Waals surface area (Å²) < 4.78 is 114. The third-order valence-electron chi connectivity index (χ3n) is 4.62. The SMILES string of the molecule is CCCS(=O)(=O)N(CCCN1CCCC1=O)C(=O)CCC(F)(C(F)(F)F)C(F)(F)F. The Morgan fingerprint density at radius 2 is 1.67 bits per heavy atom. The van der Waals surface area contributed by atoms with E-state index in [1.165, 1.54) is 11.8 Å². The van der Waals surface area contributed by atoms with Crippen LogP contribution in [-0.2, 0) is 19.6 Å². The molecule has 1 saturated heterocycles. The molecule has 2 amide bonds. The molecule has 0 aromatic heterocycles. The predicted molar refractivity (Wildman–Crippen MR) is 91.4 cm³/mol. The highest BCUT2D eigenvalue weighted by atomic mass is 32.2. The normalized spacial score (nSPS) is 16.3. The van der Waals surface area contributed by atoms with Crippen LogP contribution in [0.5, 0.6) is 0 Å². The van der Waals surface area contributed by atoms with Crippen molar-refractivity contribution in [2.45, 2.75) is 63.5 Å². The van der Waals surface area contributed by atoms with Gasteiger partial charge in [0.25, 0.3) is 5.67 Å². The van der Waals surface area contributed by atoms with E-state index < -0.39 is 59.1 Å². The molecule has 1 rings (SSSR count). The van der Waals surface area contributed by atoms with Gasteiger partial charge in [-0.05, 0) is 19.3 Å². The van der Waals surface area contributed by atoms with Crippen molar-refractivity contribution in [3.63, 3.8) is 0 Å². The number of carbonyl (C=O) groups is 2. The lowest BCUT2D eigenvalue weighted by atomic mass is 9.98. The molecule has 0 bridgehead atoms. The van der Waals surface area contributed by atoms with E-state index >= 15 is 0 Å². The van der Waals surface area contributed by atoms with Gasteiger partial charge in [0, 0.05) is 38.9 Å². The van der Waals surface area contributed by atoms with E-state index in [9.17, 15) is 48.7 Å². The van der Waals surface area contributed by atoms with E-state index in [4.69, 9.17) is 0 Å². The van der Waals surface area contributed by atoms with Gasteiger partial charge < -0.3 is 4.90 Å². The minimum Gasteiger partial charge on any atom is -0.343 e. The van der Waals surface area contributed by atoms with Gasteiger partial charge >= 0.3 is 12.4 Å². The van der Waals surface area contributed by atoms with Crippen LogP contribution in [0.2, 0.25) is 0 Å². The largest absolute Gasteiger partial charge is 0.431 e. The third-order valence-corrected chi connectivity index (χ3v) is 6.60. The number of halogens is 7. The average Bonchev–Trinajstić information content (AvgIpc) is 2.99. The summed E-state index contributed by atoms with van der Waals surface area (Å²) in [6.07, 6.45) is -15.7. The van der Waals surface area contributed by atoms with Gasteiger partial charge in [-0.25, -0.2) is 17.1 Å². The molecule has 1 aliphatic heterocycles. The van der Waals surface area contributed by atoms with Crippen molar-refractivity contribution in [1.29, 1.82) is 0 Å². The monoisotopic (exact) mass is 472 g/mol. The van der Waals surface area contributed by atoms with Crippen LogP contribution < -0.4 is 0 Å². The molecule has 176 valence electrons. The first-order valence-electron chi connectivity index (χ1n) is 9.20. The number of carbonyl (C=O) groups excluding carboxylic acids is 2.